The molecule has 0 atom stereocenters. The second-order valence-electron chi connectivity index (χ2n) is 9.71. The number of nitrogens with zero attached hydrogens (tertiary/aromatic N) is 3. The van der Waals surface area contributed by atoms with Gasteiger partial charge in [-0.3, -0.25) is 4.57 Å². The molecular weight excluding hydrogens is 532 g/mol. The number of hydrogen-bond donors (Lipinski definition) is 4. The Morgan fingerprint density at radius 1 is 1.13 bits per heavy atom. The van der Waals surface area contributed by atoms with E-state index in [0.717, 1.165) is 21.5 Å². The first-order chi connectivity index (χ1) is 17.8. The molecule has 0 unspecified atom stereocenters. The number of ether oxygens (including phenoxy) is 2. The Bertz CT molecular complexity index is 1500. The average molecular weight is 565 g/mol. The third-order valence-electron chi connectivity index (χ3n) is 6.16. The van der Waals surface area contributed by atoms with Crippen molar-refractivity contribution in [2.45, 2.75) is 38.8 Å². The quantitative estimate of drug-likeness (QED) is 0.284. The number of nitrogens with one attached hydrogen (secondary N) is 1. The topological polar surface area (TPSA) is 146 Å². The van der Waals surface area contributed by atoms with Crippen LogP contribution >= 0.6 is 11.3 Å². The van der Waals surface area contributed by atoms with E-state index in [2.05, 4.69) is 5.32 Å². The van der Waals surface area contributed by atoms with Gasteiger partial charge in [-0.25, -0.2) is 13.4 Å². The molecule has 2 aromatic heterocycles. The highest BCUT2D eigenvalue weighted by Crippen LogP contribution is 2.49. The van der Waals surface area contributed by atoms with Crippen molar-refractivity contribution in [3.63, 3.8) is 0 Å². The molecule has 1 aliphatic rings. The van der Waals surface area contributed by atoms with Crippen LogP contribution in [-0.2, 0) is 17.1 Å². The van der Waals surface area contributed by atoms with Crippen LogP contribution in [0.3, 0.4) is 0 Å². The molecule has 0 bridgehead atoms. The Labute approximate surface area is 225 Å². The maximum Gasteiger partial charge on any atom is 0.256 e. The second-order valence-corrected chi connectivity index (χ2v) is 12.7. The lowest BCUT2D eigenvalue weighted by atomic mass is 9.85. The number of thiophene rings is 1. The predicted molar refractivity (Wildman–Crippen MR) is 146 cm³/mol. The first-order valence-electron chi connectivity index (χ1n) is 12.0. The lowest BCUT2D eigenvalue weighted by Crippen LogP contribution is -2.30. The first kappa shape index (κ1) is 27.6. The SMILES string of the molecule is CCN(CC)S(=O)(=O)c1scc(Nc2c(N=C(c3ccc4c(c3)OCO4)C(C)(C)C)c(O)n(C)c2O)c1O. The van der Waals surface area contributed by atoms with E-state index in [1.807, 2.05) is 26.8 Å². The molecule has 11 nitrogen and oxygen atoms in total. The van der Waals surface area contributed by atoms with Crippen molar-refractivity contribution in [1.82, 2.24) is 8.87 Å². The minimum Gasteiger partial charge on any atom is -0.504 e. The first-order valence-corrected chi connectivity index (χ1v) is 14.3. The molecule has 0 fully saturated rings. The number of sulfonamides is 1. The van der Waals surface area contributed by atoms with E-state index in [4.69, 9.17) is 14.5 Å². The fourth-order valence-electron chi connectivity index (χ4n) is 4.11. The third-order valence-corrected chi connectivity index (χ3v) is 9.70. The zero-order chi connectivity index (χ0) is 28.0. The van der Waals surface area contributed by atoms with Gasteiger partial charge in [-0.15, -0.1) is 11.3 Å². The van der Waals surface area contributed by atoms with Crippen molar-refractivity contribution in [3.8, 4) is 29.0 Å². The Balaban J connectivity index is 1.81. The van der Waals surface area contributed by atoms with E-state index in [9.17, 15) is 23.7 Å². The highest BCUT2D eigenvalue weighted by molar-refractivity contribution is 7.91. The largest absolute Gasteiger partial charge is 0.504 e. The molecule has 4 rings (SSSR count). The summed E-state index contributed by atoms with van der Waals surface area (Å²) in [6, 6.07) is 5.41. The summed E-state index contributed by atoms with van der Waals surface area (Å²) in [5, 5.41) is 36.9. The molecule has 4 N–H and O–H groups in total. The van der Waals surface area contributed by atoms with Gasteiger partial charge in [0.05, 0.1) is 11.4 Å². The smallest absolute Gasteiger partial charge is 0.256 e. The number of fused-ring (bicyclic) bond motifs is 1. The van der Waals surface area contributed by atoms with Crippen LogP contribution < -0.4 is 14.8 Å². The maximum absolute atomic E-state index is 13.0. The van der Waals surface area contributed by atoms with Crippen molar-refractivity contribution in [1.29, 1.82) is 0 Å². The van der Waals surface area contributed by atoms with E-state index in [-0.39, 0.29) is 52.9 Å². The van der Waals surface area contributed by atoms with E-state index in [1.54, 1.807) is 26.0 Å². The minimum absolute atomic E-state index is 0.00683. The van der Waals surface area contributed by atoms with Crippen LogP contribution in [0.5, 0.6) is 29.0 Å². The van der Waals surface area contributed by atoms with E-state index < -0.39 is 21.2 Å². The molecule has 0 saturated carbocycles. The van der Waals surface area contributed by atoms with Crippen LogP contribution in [-0.4, -0.2) is 58.2 Å². The zero-order valence-electron chi connectivity index (χ0n) is 22.1. The molecule has 1 aliphatic heterocycles. The average Bonchev–Trinajstić information content (AvgIpc) is 3.52. The lowest BCUT2D eigenvalue weighted by Gasteiger charge is -2.22. The van der Waals surface area contributed by atoms with Crippen LogP contribution in [0.15, 0.2) is 32.8 Å². The molecule has 0 spiro atoms. The standard InChI is InChI=1S/C25H32N4O7S2/c1-7-29(8-2)38(33,34)24-20(30)15(12-37-24)26-18-19(23(32)28(6)22(18)31)27-21(25(3,4)5)14-9-10-16-17(11-14)36-13-35-16/h9-12,26,30-32H,7-8,13H2,1-6H3. The van der Waals surface area contributed by atoms with E-state index >= 15 is 0 Å². The van der Waals surface area contributed by atoms with Crippen molar-refractivity contribution in [3.05, 3.63) is 29.1 Å². The summed E-state index contributed by atoms with van der Waals surface area (Å²) in [6.07, 6.45) is 0. The Hall–Kier alpha value is -3.42. The van der Waals surface area contributed by atoms with Gasteiger partial charge in [-0.1, -0.05) is 34.6 Å². The summed E-state index contributed by atoms with van der Waals surface area (Å²) in [5.41, 5.74) is 0.885. The van der Waals surface area contributed by atoms with Gasteiger partial charge in [0.2, 0.25) is 18.6 Å². The van der Waals surface area contributed by atoms with Crippen LogP contribution in [0.1, 0.15) is 40.2 Å². The van der Waals surface area contributed by atoms with Gasteiger partial charge in [0.1, 0.15) is 5.69 Å². The zero-order valence-corrected chi connectivity index (χ0v) is 23.7. The summed E-state index contributed by atoms with van der Waals surface area (Å²) in [5.74, 6) is 0.0413. The summed E-state index contributed by atoms with van der Waals surface area (Å²) in [6.45, 7) is 9.93. The van der Waals surface area contributed by atoms with Crippen molar-refractivity contribution < 1.29 is 33.2 Å². The van der Waals surface area contributed by atoms with Gasteiger partial charge < -0.3 is 30.1 Å². The molecule has 3 aromatic rings. The van der Waals surface area contributed by atoms with Crippen molar-refractivity contribution >= 4 is 44.1 Å². The van der Waals surface area contributed by atoms with Crippen LogP contribution in [0, 0.1) is 5.41 Å². The highest BCUT2D eigenvalue weighted by atomic mass is 32.2. The lowest BCUT2D eigenvalue weighted by molar-refractivity contribution is 0.174. The summed E-state index contributed by atoms with van der Waals surface area (Å²) in [4.78, 5) is 4.77. The summed E-state index contributed by atoms with van der Waals surface area (Å²) >= 11 is 0.856. The Kier molecular flexibility index (Phi) is 7.30. The fourth-order valence-corrected chi connectivity index (χ4v) is 6.94. The van der Waals surface area contributed by atoms with Gasteiger partial charge in [-0.2, -0.15) is 4.31 Å². The van der Waals surface area contributed by atoms with Crippen molar-refractivity contribution in [2.24, 2.45) is 17.5 Å². The summed E-state index contributed by atoms with van der Waals surface area (Å²) in [7, 11) is -2.46. The van der Waals surface area contributed by atoms with Gasteiger partial charge in [0.15, 0.2) is 27.1 Å². The molecule has 13 heteroatoms. The number of rotatable bonds is 8. The van der Waals surface area contributed by atoms with Crippen molar-refractivity contribution in [2.75, 3.05) is 25.2 Å². The number of aromatic nitrogens is 1. The molecule has 0 radical (unpaired) electrons. The van der Waals surface area contributed by atoms with E-state index in [1.165, 1.54) is 16.7 Å². The number of aromatic hydroxyl groups is 3. The predicted octanol–water partition coefficient (Wildman–Crippen LogP) is 4.87. The molecule has 0 saturated heterocycles. The summed E-state index contributed by atoms with van der Waals surface area (Å²) < 4.78 is 39.0. The molecular formula is C25H32N4O7S2. The monoisotopic (exact) mass is 564 g/mol. The highest BCUT2D eigenvalue weighted by Gasteiger charge is 2.31. The number of hydrogen-bond acceptors (Lipinski definition) is 10. The molecule has 1 aromatic carbocycles. The fraction of sp³-hybridized carbons (Fsp3) is 0.400. The third kappa shape index (κ3) is 4.76. The maximum atomic E-state index is 13.0. The van der Waals surface area contributed by atoms with Crippen LogP contribution in [0.4, 0.5) is 17.1 Å². The molecule has 0 aliphatic carbocycles. The van der Waals surface area contributed by atoms with Gasteiger partial charge >= 0.3 is 0 Å². The number of aliphatic imine (C=N–C) groups is 1. The van der Waals surface area contributed by atoms with Gasteiger partial charge in [0.25, 0.3) is 10.0 Å². The van der Waals surface area contributed by atoms with E-state index in [0.29, 0.717) is 17.2 Å². The minimum atomic E-state index is -3.91. The normalized spacial score (nSPS) is 13.9. The van der Waals surface area contributed by atoms with Crippen LogP contribution in [0.2, 0.25) is 0 Å². The Morgan fingerprint density at radius 2 is 1.79 bits per heavy atom. The Morgan fingerprint density at radius 3 is 2.42 bits per heavy atom. The van der Waals surface area contributed by atoms with Gasteiger partial charge in [0, 0.05) is 36.5 Å². The number of anilines is 2. The molecule has 206 valence electrons. The molecule has 38 heavy (non-hydrogen) atoms. The second kappa shape index (κ2) is 10.0. The van der Waals surface area contributed by atoms with Gasteiger partial charge in [-0.05, 0) is 18.2 Å². The molecule has 3 heterocycles. The number of benzene rings is 1. The molecule has 0 amide bonds. The van der Waals surface area contributed by atoms with Crippen LogP contribution in [0.25, 0.3) is 0 Å².